The number of carbonyl (C=O) groups is 3. The smallest absolute Gasteiger partial charge is 0.338 e. The molecule has 0 aliphatic rings. The minimum atomic E-state index is -1.32. The Hall–Kier alpha value is -3.35. The Labute approximate surface area is 164 Å². The van der Waals surface area contributed by atoms with Crippen molar-refractivity contribution in [3.63, 3.8) is 0 Å². The van der Waals surface area contributed by atoms with Crippen molar-refractivity contribution in [1.82, 2.24) is 0 Å². The van der Waals surface area contributed by atoms with E-state index in [1.807, 2.05) is 0 Å². The van der Waals surface area contributed by atoms with Gasteiger partial charge in [-0.05, 0) is 69.3 Å². The van der Waals surface area contributed by atoms with Crippen molar-refractivity contribution in [2.75, 3.05) is 24.4 Å². The molecule has 0 heterocycles. The van der Waals surface area contributed by atoms with Crippen LogP contribution < -0.4 is 15.4 Å². The summed E-state index contributed by atoms with van der Waals surface area (Å²) in [4.78, 5) is 36.8. The highest BCUT2D eigenvalue weighted by atomic mass is 16.5. The van der Waals surface area contributed by atoms with Crippen LogP contribution >= 0.6 is 0 Å². The summed E-state index contributed by atoms with van der Waals surface area (Å²) in [6.07, 6.45) is 0. The van der Waals surface area contributed by atoms with Gasteiger partial charge in [-0.25, -0.2) is 4.79 Å². The second-order valence-electron chi connectivity index (χ2n) is 6.56. The Morgan fingerprint density at radius 3 is 1.75 bits per heavy atom. The fourth-order valence-electron chi connectivity index (χ4n) is 2.26. The Kier molecular flexibility index (Phi) is 6.76. The van der Waals surface area contributed by atoms with Gasteiger partial charge in [0.2, 0.25) is 11.8 Å². The molecule has 148 valence electrons. The summed E-state index contributed by atoms with van der Waals surface area (Å²) < 4.78 is 10.00. The maximum atomic E-state index is 12.6. The number of rotatable bonds is 7. The summed E-state index contributed by atoms with van der Waals surface area (Å²) in [5.74, 6) is -0.679. The molecule has 0 bridgehead atoms. The lowest BCUT2D eigenvalue weighted by Crippen LogP contribution is -2.41. The van der Waals surface area contributed by atoms with Crippen molar-refractivity contribution in [3.8, 4) is 5.75 Å². The fraction of sp³-hybridized carbons (Fsp3) is 0.286. The van der Waals surface area contributed by atoms with Gasteiger partial charge < -0.3 is 20.1 Å². The number of ether oxygens (including phenoxy) is 2. The molecule has 2 aromatic carbocycles. The minimum absolute atomic E-state index is 0.287. The molecular formula is C21H24N2O5. The van der Waals surface area contributed by atoms with E-state index in [-0.39, 0.29) is 6.61 Å². The molecule has 0 radical (unpaired) electrons. The Morgan fingerprint density at radius 2 is 1.32 bits per heavy atom. The largest absolute Gasteiger partial charge is 0.497 e. The third kappa shape index (κ3) is 5.09. The number of anilines is 2. The van der Waals surface area contributed by atoms with Gasteiger partial charge in [0.05, 0.1) is 19.3 Å². The molecule has 0 unspecified atom stereocenters. The van der Waals surface area contributed by atoms with Crippen molar-refractivity contribution < 1.29 is 23.9 Å². The molecule has 0 aliphatic heterocycles. The number of esters is 1. The molecule has 2 amide bonds. The van der Waals surface area contributed by atoms with Gasteiger partial charge in [-0.3, -0.25) is 9.59 Å². The maximum Gasteiger partial charge on any atom is 0.338 e. The first-order valence-electron chi connectivity index (χ1n) is 8.82. The van der Waals surface area contributed by atoms with E-state index in [1.54, 1.807) is 62.6 Å². The zero-order chi connectivity index (χ0) is 20.7. The zero-order valence-electron chi connectivity index (χ0n) is 16.4. The Bertz CT molecular complexity index is 842. The first kappa shape index (κ1) is 21.0. The second kappa shape index (κ2) is 9.03. The average molecular weight is 384 g/mol. The van der Waals surface area contributed by atoms with Crippen molar-refractivity contribution in [3.05, 3.63) is 54.1 Å². The second-order valence-corrected chi connectivity index (χ2v) is 6.56. The van der Waals surface area contributed by atoms with E-state index in [9.17, 15) is 14.4 Å². The Balaban J connectivity index is 2.02. The van der Waals surface area contributed by atoms with Gasteiger partial charge in [-0.2, -0.15) is 0 Å². The molecule has 0 saturated carbocycles. The molecule has 2 aromatic rings. The molecule has 2 N–H and O–H groups in total. The molecular weight excluding hydrogens is 360 g/mol. The first-order chi connectivity index (χ1) is 13.3. The van der Waals surface area contributed by atoms with Gasteiger partial charge in [-0.1, -0.05) is 0 Å². The lowest BCUT2D eigenvalue weighted by Gasteiger charge is -2.23. The van der Waals surface area contributed by atoms with Gasteiger partial charge in [0.15, 0.2) is 0 Å². The van der Waals surface area contributed by atoms with Crippen LogP contribution in [-0.4, -0.2) is 31.5 Å². The normalized spacial score (nSPS) is 10.7. The molecule has 2 rings (SSSR count). The molecule has 7 heteroatoms. The van der Waals surface area contributed by atoms with Crippen LogP contribution in [-0.2, 0) is 14.3 Å². The monoisotopic (exact) mass is 384 g/mol. The predicted molar refractivity (Wildman–Crippen MR) is 106 cm³/mol. The van der Waals surface area contributed by atoms with E-state index in [0.29, 0.717) is 22.7 Å². The predicted octanol–water partition coefficient (Wildman–Crippen LogP) is 3.48. The number of hydrogen-bond donors (Lipinski definition) is 2. The topological polar surface area (TPSA) is 93.7 Å². The SMILES string of the molecule is CCOC(=O)c1ccc(NC(=O)C(C)(C)C(=O)Nc2ccc(OC)cc2)cc1. The van der Waals surface area contributed by atoms with Gasteiger partial charge >= 0.3 is 5.97 Å². The number of hydrogen-bond acceptors (Lipinski definition) is 5. The number of methoxy groups -OCH3 is 1. The molecule has 0 aliphatic carbocycles. The first-order valence-corrected chi connectivity index (χ1v) is 8.82. The highest BCUT2D eigenvalue weighted by molar-refractivity contribution is 6.14. The summed E-state index contributed by atoms with van der Waals surface area (Å²) in [5, 5.41) is 5.42. The Morgan fingerprint density at radius 1 is 0.857 bits per heavy atom. The molecule has 7 nitrogen and oxygen atoms in total. The molecule has 0 saturated heterocycles. The van der Waals surface area contributed by atoms with Crippen molar-refractivity contribution in [1.29, 1.82) is 0 Å². The molecule has 0 fully saturated rings. The van der Waals surface area contributed by atoms with Crippen LogP contribution in [0.4, 0.5) is 11.4 Å². The third-order valence-corrected chi connectivity index (χ3v) is 4.14. The summed E-state index contributed by atoms with van der Waals surface area (Å²) in [5.41, 5.74) is 0.102. The van der Waals surface area contributed by atoms with Crippen LogP contribution in [0.1, 0.15) is 31.1 Å². The molecule has 0 atom stereocenters. The van der Waals surface area contributed by atoms with Gasteiger partial charge in [-0.15, -0.1) is 0 Å². The zero-order valence-corrected chi connectivity index (χ0v) is 16.4. The van der Waals surface area contributed by atoms with E-state index < -0.39 is 23.2 Å². The van der Waals surface area contributed by atoms with Crippen LogP contribution in [0, 0.1) is 5.41 Å². The lowest BCUT2D eigenvalue weighted by atomic mass is 9.90. The van der Waals surface area contributed by atoms with Crippen LogP contribution in [0.25, 0.3) is 0 Å². The minimum Gasteiger partial charge on any atom is -0.497 e. The molecule has 28 heavy (non-hydrogen) atoms. The standard InChI is InChI=1S/C21H24N2O5/c1-5-28-18(24)14-6-8-15(9-7-14)22-19(25)21(2,3)20(26)23-16-10-12-17(27-4)13-11-16/h6-13H,5H2,1-4H3,(H,22,25)(H,23,26). The van der Waals surface area contributed by atoms with E-state index in [4.69, 9.17) is 9.47 Å². The van der Waals surface area contributed by atoms with Crippen LogP contribution in [0.3, 0.4) is 0 Å². The van der Waals surface area contributed by atoms with Gasteiger partial charge in [0.25, 0.3) is 0 Å². The van der Waals surface area contributed by atoms with E-state index in [1.165, 1.54) is 13.8 Å². The van der Waals surface area contributed by atoms with Crippen molar-refractivity contribution in [2.45, 2.75) is 20.8 Å². The average Bonchev–Trinajstić information content (AvgIpc) is 2.69. The quantitative estimate of drug-likeness (QED) is 0.563. The number of carbonyl (C=O) groups excluding carboxylic acids is 3. The number of benzene rings is 2. The summed E-state index contributed by atoms with van der Waals surface area (Å²) in [6, 6.07) is 13.1. The van der Waals surface area contributed by atoms with Crippen molar-refractivity contribution in [2.24, 2.45) is 5.41 Å². The van der Waals surface area contributed by atoms with Crippen LogP contribution in [0.5, 0.6) is 5.75 Å². The third-order valence-electron chi connectivity index (χ3n) is 4.14. The summed E-state index contributed by atoms with van der Waals surface area (Å²) in [7, 11) is 1.56. The van der Waals surface area contributed by atoms with E-state index >= 15 is 0 Å². The molecule has 0 aromatic heterocycles. The fourth-order valence-corrected chi connectivity index (χ4v) is 2.26. The van der Waals surface area contributed by atoms with E-state index in [0.717, 1.165) is 0 Å². The highest BCUT2D eigenvalue weighted by Crippen LogP contribution is 2.23. The molecule has 0 spiro atoms. The summed E-state index contributed by atoms with van der Waals surface area (Å²) >= 11 is 0. The van der Waals surface area contributed by atoms with Crippen LogP contribution in [0.2, 0.25) is 0 Å². The van der Waals surface area contributed by atoms with E-state index in [2.05, 4.69) is 10.6 Å². The number of amides is 2. The van der Waals surface area contributed by atoms with Gasteiger partial charge in [0.1, 0.15) is 11.2 Å². The highest BCUT2D eigenvalue weighted by Gasteiger charge is 2.36. The number of nitrogens with one attached hydrogen (secondary N) is 2. The van der Waals surface area contributed by atoms with Gasteiger partial charge in [0, 0.05) is 11.4 Å². The van der Waals surface area contributed by atoms with Crippen LogP contribution in [0.15, 0.2) is 48.5 Å². The lowest BCUT2D eigenvalue weighted by molar-refractivity contribution is -0.135. The summed E-state index contributed by atoms with van der Waals surface area (Å²) in [6.45, 7) is 5.09. The maximum absolute atomic E-state index is 12.6. The van der Waals surface area contributed by atoms with Crippen molar-refractivity contribution >= 4 is 29.2 Å².